The van der Waals surface area contributed by atoms with E-state index in [1.54, 1.807) is 0 Å². The molecular weight excluding hydrogens is 844 g/mol. The van der Waals surface area contributed by atoms with Crippen LogP contribution in [0.4, 0.5) is 34.1 Å². The number of aryl methyl sites for hydroxylation is 1. The van der Waals surface area contributed by atoms with E-state index in [4.69, 9.17) is 8.83 Å². The zero-order valence-corrected chi connectivity index (χ0v) is 39.7. The Hall–Kier alpha value is -6.80. The number of fused-ring (bicyclic) bond motifs is 10. The molecule has 0 aliphatic carbocycles. The summed E-state index contributed by atoms with van der Waals surface area (Å²) >= 11 is 3.69. The fourth-order valence-corrected chi connectivity index (χ4v) is 12.5. The molecule has 0 saturated carbocycles. The summed E-state index contributed by atoms with van der Waals surface area (Å²) in [7, 11) is 0. The van der Waals surface area contributed by atoms with Gasteiger partial charge in [-0.3, -0.25) is 0 Å². The van der Waals surface area contributed by atoms with Gasteiger partial charge in [-0.15, -0.1) is 22.7 Å². The molecule has 11 aromatic rings. The summed E-state index contributed by atoms with van der Waals surface area (Å²) in [5.41, 5.74) is 17.3. The predicted molar refractivity (Wildman–Crippen MR) is 284 cm³/mol. The number of hydrogen-bond acceptors (Lipinski definition) is 6. The number of rotatable bonds is 4. The Morgan fingerprint density at radius 1 is 0.470 bits per heavy atom. The van der Waals surface area contributed by atoms with Crippen molar-refractivity contribution in [2.45, 2.75) is 59.3 Å². The number of anilines is 6. The third kappa shape index (κ3) is 6.02. The summed E-state index contributed by atoms with van der Waals surface area (Å²) in [4.78, 5) is 7.48. The zero-order valence-electron chi connectivity index (χ0n) is 38.1. The third-order valence-corrected chi connectivity index (χ3v) is 16.1. The average molecular weight is 891 g/mol. The van der Waals surface area contributed by atoms with Gasteiger partial charge in [0, 0.05) is 52.7 Å². The van der Waals surface area contributed by atoms with Crippen molar-refractivity contribution < 1.29 is 8.83 Å². The molecule has 0 fully saturated rings. The van der Waals surface area contributed by atoms with Gasteiger partial charge in [-0.2, -0.15) is 0 Å². The summed E-state index contributed by atoms with van der Waals surface area (Å²) in [6.07, 6.45) is 0. The van der Waals surface area contributed by atoms with Crippen LogP contribution in [0, 0.1) is 6.92 Å². The minimum atomic E-state index is -0.305. The molecule has 0 N–H and O–H groups in total. The SMILES string of the molecule is Cc1cc2c3c(c1)N(c1cccc(-c4cc5ccccc5s4)c1)c1c(oc4ccc(C(C)(C)C)cc14)B3c1oc3ccc(C(C)(C)C)cc3c1N2c1cccc(-c2cc3ccccc3s2)c1. The van der Waals surface area contributed by atoms with Crippen molar-refractivity contribution in [3.05, 3.63) is 174 Å². The van der Waals surface area contributed by atoms with Gasteiger partial charge < -0.3 is 18.6 Å². The molecule has 2 aliphatic heterocycles. The third-order valence-electron chi connectivity index (χ3n) is 13.8. The number of nitrogens with zero attached hydrogens (tertiary/aromatic N) is 2. The molecule has 0 bridgehead atoms. The van der Waals surface area contributed by atoms with Crippen LogP contribution in [0.25, 0.3) is 63.0 Å². The van der Waals surface area contributed by atoms with Gasteiger partial charge in [0.1, 0.15) is 22.5 Å². The number of furan rings is 2. The highest BCUT2D eigenvalue weighted by Crippen LogP contribution is 2.51. The topological polar surface area (TPSA) is 32.8 Å². The van der Waals surface area contributed by atoms with Crippen molar-refractivity contribution in [2.75, 3.05) is 9.80 Å². The Morgan fingerprint density at radius 2 is 0.924 bits per heavy atom. The van der Waals surface area contributed by atoms with Crippen molar-refractivity contribution >= 4 is 122 Å². The largest absolute Gasteiger partial charge is 0.468 e. The molecular formula is C59H47BN2O2S2. The van der Waals surface area contributed by atoms with Gasteiger partial charge in [-0.05, 0) is 147 Å². The monoisotopic (exact) mass is 890 g/mol. The van der Waals surface area contributed by atoms with Crippen LogP contribution in [0.15, 0.2) is 167 Å². The molecule has 0 saturated heterocycles. The van der Waals surface area contributed by atoms with Crippen molar-refractivity contribution in [2.24, 2.45) is 0 Å². The fourth-order valence-electron chi connectivity index (χ4n) is 10.4. The molecule has 6 heterocycles. The fraction of sp³-hybridized carbons (Fsp3) is 0.153. The first-order valence-electron chi connectivity index (χ1n) is 22.9. The maximum Gasteiger partial charge on any atom is 0.342 e. The summed E-state index contributed by atoms with van der Waals surface area (Å²) in [5.74, 6) is 0. The van der Waals surface area contributed by atoms with Crippen LogP contribution in [-0.2, 0) is 10.8 Å². The van der Waals surface area contributed by atoms with E-state index in [0.29, 0.717) is 0 Å². The molecule has 4 aromatic heterocycles. The summed E-state index contributed by atoms with van der Waals surface area (Å²) < 4.78 is 17.2. The summed E-state index contributed by atoms with van der Waals surface area (Å²) in [5, 5.41) is 4.73. The van der Waals surface area contributed by atoms with Gasteiger partial charge in [0.15, 0.2) is 0 Å². The van der Waals surface area contributed by atoms with Crippen LogP contribution in [0.3, 0.4) is 0 Å². The van der Waals surface area contributed by atoms with Gasteiger partial charge in [0.05, 0.1) is 11.4 Å². The first kappa shape index (κ1) is 39.6. The quantitative estimate of drug-likeness (QED) is 0.165. The molecule has 7 aromatic carbocycles. The highest BCUT2D eigenvalue weighted by Gasteiger charge is 2.50. The van der Waals surface area contributed by atoms with Crippen LogP contribution in [0.5, 0.6) is 0 Å². The second-order valence-electron chi connectivity index (χ2n) is 20.3. The molecule has 2 aliphatic rings. The minimum absolute atomic E-state index is 0.0625. The van der Waals surface area contributed by atoms with Crippen molar-refractivity contribution in [1.82, 2.24) is 0 Å². The molecule has 0 amide bonds. The van der Waals surface area contributed by atoms with Crippen molar-refractivity contribution in [3.63, 3.8) is 0 Å². The van der Waals surface area contributed by atoms with E-state index in [9.17, 15) is 0 Å². The zero-order chi connectivity index (χ0) is 44.8. The molecule has 4 nitrogen and oxygen atoms in total. The van der Waals surface area contributed by atoms with Crippen molar-refractivity contribution in [1.29, 1.82) is 0 Å². The number of benzene rings is 7. The number of thiophene rings is 2. The highest BCUT2D eigenvalue weighted by molar-refractivity contribution is 7.22. The van der Waals surface area contributed by atoms with Gasteiger partial charge in [-0.1, -0.05) is 114 Å². The lowest BCUT2D eigenvalue weighted by atomic mass is 9.37. The second kappa shape index (κ2) is 14.1. The first-order valence-corrected chi connectivity index (χ1v) is 24.6. The maximum absolute atomic E-state index is 7.30. The lowest BCUT2D eigenvalue weighted by Gasteiger charge is -2.41. The van der Waals surface area contributed by atoms with Crippen LogP contribution in [0.2, 0.25) is 0 Å². The van der Waals surface area contributed by atoms with Crippen molar-refractivity contribution in [3.8, 4) is 20.9 Å². The Bertz CT molecular complexity index is 3490. The van der Waals surface area contributed by atoms with E-state index in [0.717, 1.165) is 67.4 Å². The predicted octanol–water partition coefficient (Wildman–Crippen LogP) is 15.9. The van der Waals surface area contributed by atoms with E-state index >= 15 is 0 Å². The van der Waals surface area contributed by atoms with Crippen LogP contribution >= 0.6 is 22.7 Å². The molecule has 0 radical (unpaired) electrons. The lowest BCUT2D eigenvalue weighted by Crippen LogP contribution is -2.60. The minimum Gasteiger partial charge on any atom is -0.468 e. The van der Waals surface area contributed by atoms with Crippen LogP contribution in [-0.4, -0.2) is 6.71 Å². The molecule has 0 spiro atoms. The van der Waals surface area contributed by atoms with E-state index in [2.05, 4.69) is 216 Å². The van der Waals surface area contributed by atoms with Crippen LogP contribution in [0.1, 0.15) is 58.2 Å². The normalized spacial score (nSPS) is 13.6. The molecule has 0 unspecified atom stereocenters. The molecule has 320 valence electrons. The van der Waals surface area contributed by atoms with Crippen LogP contribution < -0.4 is 26.6 Å². The molecule has 7 heteroatoms. The second-order valence-corrected chi connectivity index (χ2v) is 22.4. The number of hydrogen-bond donors (Lipinski definition) is 0. The maximum atomic E-state index is 7.30. The Morgan fingerprint density at radius 3 is 1.36 bits per heavy atom. The smallest absolute Gasteiger partial charge is 0.342 e. The Balaban J connectivity index is 1.11. The van der Waals surface area contributed by atoms with E-state index in [-0.39, 0.29) is 17.5 Å². The highest BCUT2D eigenvalue weighted by atomic mass is 32.1. The summed E-state index contributed by atoms with van der Waals surface area (Å²) in [6.45, 7) is 15.7. The van der Waals surface area contributed by atoms with E-state index in [1.165, 1.54) is 63.2 Å². The molecule has 0 atom stereocenters. The van der Waals surface area contributed by atoms with Gasteiger partial charge >= 0.3 is 6.71 Å². The summed E-state index contributed by atoms with van der Waals surface area (Å²) in [6, 6.07) is 58.5. The lowest BCUT2D eigenvalue weighted by molar-refractivity contribution is 0.590. The average Bonchev–Trinajstić information content (AvgIpc) is 4.11. The van der Waals surface area contributed by atoms with Gasteiger partial charge in [-0.25, -0.2) is 0 Å². The van der Waals surface area contributed by atoms with Gasteiger partial charge in [0.25, 0.3) is 0 Å². The Kier molecular flexibility index (Phi) is 8.45. The molecule has 66 heavy (non-hydrogen) atoms. The molecule has 13 rings (SSSR count). The first-order chi connectivity index (χ1) is 31.9. The Labute approximate surface area is 393 Å². The standard InChI is InChI=1S/C59H47BN2O2S2/c1-34-26-45-53-46(27-34)62(42-19-13-17-36(29-42)52-31-38-15-9-11-21-50(38)66-52)55-44-33-40(59(5,6)7)23-25-48(44)64-57(55)60(53)56-54(43-32-39(58(2,3)4)22-24-47(43)63-56)61(45)41-18-12-16-35(28-41)51-30-37-14-8-10-20-49(37)65-51/h8-33H,1-7H3. The van der Waals surface area contributed by atoms with E-state index in [1.807, 2.05) is 22.7 Å². The van der Waals surface area contributed by atoms with Gasteiger partial charge in [0.2, 0.25) is 0 Å². The van der Waals surface area contributed by atoms with E-state index < -0.39 is 0 Å².